The Balaban J connectivity index is 3.66. The van der Waals surface area contributed by atoms with Gasteiger partial charge in [-0.1, -0.05) is 41.0 Å². The van der Waals surface area contributed by atoms with Gasteiger partial charge in [0, 0.05) is 25.2 Å². The summed E-state index contributed by atoms with van der Waals surface area (Å²) in [6, 6.07) is 0. The van der Waals surface area contributed by atoms with Crippen LogP contribution in [0, 0.1) is 11.3 Å². The summed E-state index contributed by atoms with van der Waals surface area (Å²) in [6.45, 7) is 12.8. The summed E-state index contributed by atoms with van der Waals surface area (Å²) >= 11 is 0. The first-order valence-corrected chi connectivity index (χ1v) is 7.26. The summed E-state index contributed by atoms with van der Waals surface area (Å²) in [5, 5.41) is 2.97. The number of nitrogens with one attached hydrogen (secondary N) is 1. The largest absolute Gasteiger partial charge is 0.381 e. The van der Waals surface area contributed by atoms with Crippen LogP contribution >= 0.6 is 0 Å². The predicted molar refractivity (Wildman–Crippen MR) is 76.6 cm³/mol. The lowest BCUT2D eigenvalue weighted by molar-refractivity contribution is -0.129. The van der Waals surface area contributed by atoms with Crippen LogP contribution in [0.1, 0.15) is 60.3 Å². The third-order valence-corrected chi connectivity index (χ3v) is 2.94. The number of amides is 1. The number of unbranched alkanes of at least 4 members (excludes halogenated alkanes) is 1. The van der Waals surface area contributed by atoms with Crippen molar-refractivity contribution in [1.82, 2.24) is 5.32 Å². The van der Waals surface area contributed by atoms with Crippen LogP contribution in [0.4, 0.5) is 0 Å². The second kappa shape index (κ2) is 9.37. The molecule has 0 fully saturated rings. The molecule has 3 heteroatoms. The van der Waals surface area contributed by atoms with Gasteiger partial charge < -0.3 is 10.1 Å². The summed E-state index contributed by atoms with van der Waals surface area (Å²) in [4.78, 5) is 11.9. The molecule has 0 aromatic carbocycles. The summed E-state index contributed by atoms with van der Waals surface area (Å²) in [5.41, 5.74) is -0.257. The molecular weight excluding hydrogens is 226 g/mol. The molecule has 0 aromatic heterocycles. The predicted octanol–water partition coefficient (Wildman–Crippen LogP) is 3.38. The lowest BCUT2D eigenvalue weighted by Crippen LogP contribution is -2.37. The topological polar surface area (TPSA) is 38.3 Å². The second-order valence-electron chi connectivity index (χ2n) is 6.07. The van der Waals surface area contributed by atoms with Crippen LogP contribution < -0.4 is 5.32 Å². The molecule has 108 valence electrons. The maximum atomic E-state index is 11.9. The lowest BCUT2D eigenvalue weighted by Gasteiger charge is -2.23. The normalized spacial score (nSPS) is 11.9. The van der Waals surface area contributed by atoms with Gasteiger partial charge in [0.15, 0.2) is 0 Å². The van der Waals surface area contributed by atoms with E-state index in [9.17, 15) is 4.79 Å². The molecule has 0 radical (unpaired) electrons. The van der Waals surface area contributed by atoms with Gasteiger partial charge in [0.1, 0.15) is 0 Å². The van der Waals surface area contributed by atoms with Gasteiger partial charge in [-0.25, -0.2) is 0 Å². The molecule has 0 unspecified atom stereocenters. The molecule has 0 rings (SSSR count). The van der Waals surface area contributed by atoms with Crippen LogP contribution in [0.25, 0.3) is 0 Å². The van der Waals surface area contributed by atoms with E-state index in [1.807, 2.05) is 13.8 Å². The molecule has 0 aromatic rings. The lowest BCUT2D eigenvalue weighted by atomic mass is 9.86. The summed E-state index contributed by atoms with van der Waals surface area (Å²) in [7, 11) is 0. The molecule has 1 N–H and O–H groups in total. The van der Waals surface area contributed by atoms with Crippen molar-refractivity contribution >= 4 is 5.91 Å². The second-order valence-corrected chi connectivity index (χ2v) is 6.07. The van der Waals surface area contributed by atoms with Crippen molar-refractivity contribution in [3.8, 4) is 0 Å². The van der Waals surface area contributed by atoms with Crippen molar-refractivity contribution in [3.63, 3.8) is 0 Å². The van der Waals surface area contributed by atoms with Gasteiger partial charge in [0.2, 0.25) is 5.91 Å². The maximum Gasteiger partial charge on any atom is 0.225 e. The summed E-state index contributed by atoms with van der Waals surface area (Å²) in [6.07, 6.45) is 4.00. The number of hydrogen-bond acceptors (Lipinski definition) is 2. The highest BCUT2D eigenvalue weighted by Gasteiger charge is 2.26. The molecule has 0 spiro atoms. The third-order valence-electron chi connectivity index (χ3n) is 2.94. The van der Waals surface area contributed by atoms with Gasteiger partial charge >= 0.3 is 0 Å². The van der Waals surface area contributed by atoms with Crippen LogP contribution in [-0.4, -0.2) is 25.7 Å². The fourth-order valence-corrected chi connectivity index (χ4v) is 1.68. The Morgan fingerprint density at radius 1 is 1.28 bits per heavy atom. The molecule has 0 aliphatic carbocycles. The molecule has 1 amide bonds. The first-order chi connectivity index (χ1) is 8.40. The van der Waals surface area contributed by atoms with E-state index in [0.717, 1.165) is 45.4 Å². The molecule has 0 heterocycles. The zero-order valence-electron chi connectivity index (χ0n) is 12.8. The fraction of sp³-hybridized carbons (Fsp3) is 0.933. The van der Waals surface area contributed by atoms with E-state index in [1.54, 1.807) is 0 Å². The van der Waals surface area contributed by atoms with Crippen molar-refractivity contribution in [2.75, 3.05) is 19.8 Å². The molecule has 0 atom stereocenters. The van der Waals surface area contributed by atoms with E-state index in [1.165, 1.54) is 0 Å². The average molecular weight is 257 g/mol. The summed E-state index contributed by atoms with van der Waals surface area (Å²) < 4.78 is 5.53. The SMILES string of the molecule is CCCNC(=O)C(C)(C)CCCCOCC(C)C. The monoisotopic (exact) mass is 257 g/mol. The van der Waals surface area contributed by atoms with Crippen molar-refractivity contribution in [3.05, 3.63) is 0 Å². The average Bonchev–Trinajstić information content (AvgIpc) is 2.30. The third kappa shape index (κ3) is 8.51. The molecule has 3 nitrogen and oxygen atoms in total. The minimum Gasteiger partial charge on any atom is -0.381 e. The molecule has 18 heavy (non-hydrogen) atoms. The van der Waals surface area contributed by atoms with E-state index < -0.39 is 0 Å². The van der Waals surface area contributed by atoms with Gasteiger partial charge in [-0.2, -0.15) is 0 Å². The Hall–Kier alpha value is -0.570. The Kier molecular flexibility index (Phi) is 9.08. The van der Waals surface area contributed by atoms with E-state index in [-0.39, 0.29) is 11.3 Å². The Labute approximate surface area is 113 Å². The minimum atomic E-state index is -0.257. The molecule has 0 aliphatic heterocycles. The van der Waals surface area contributed by atoms with E-state index in [0.29, 0.717) is 5.92 Å². The smallest absolute Gasteiger partial charge is 0.225 e. The maximum absolute atomic E-state index is 11.9. The summed E-state index contributed by atoms with van der Waals surface area (Å²) in [5.74, 6) is 0.772. The van der Waals surface area contributed by atoms with Gasteiger partial charge in [0.25, 0.3) is 0 Å². The highest BCUT2D eigenvalue weighted by molar-refractivity contribution is 5.81. The van der Waals surface area contributed by atoms with E-state index >= 15 is 0 Å². The van der Waals surface area contributed by atoms with Crippen molar-refractivity contribution in [2.24, 2.45) is 11.3 Å². The number of hydrogen-bond donors (Lipinski definition) is 1. The molecule has 0 saturated heterocycles. The number of ether oxygens (including phenoxy) is 1. The van der Waals surface area contributed by atoms with Crippen molar-refractivity contribution < 1.29 is 9.53 Å². The molecular formula is C15H31NO2. The van der Waals surface area contributed by atoms with Crippen LogP contribution in [0.3, 0.4) is 0 Å². The Bertz CT molecular complexity index is 225. The highest BCUT2D eigenvalue weighted by atomic mass is 16.5. The Morgan fingerprint density at radius 3 is 2.50 bits per heavy atom. The van der Waals surface area contributed by atoms with Gasteiger partial charge in [-0.05, 0) is 25.2 Å². The van der Waals surface area contributed by atoms with Gasteiger partial charge in [-0.3, -0.25) is 4.79 Å². The quantitative estimate of drug-likeness (QED) is 0.609. The number of carbonyl (C=O) groups excluding carboxylic acids is 1. The van der Waals surface area contributed by atoms with E-state index in [4.69, 9.17) is 4.74 Å². The number of carbonyl (C=O) groups is 1. The van der Waals surface area contributed by atoms with E-state index in [2.05, 4.69) is 26.1 Å². The zero-order chi connectivity index (χ0) is 14.0. The zero-order valence-corrected chi connectivity index (χ0v) is 12.8. The standard InChI is InChI=1S/C15H31NO2/c1-6-10-16-14(17)15(4,5)9-7-8-11-18-12-13(2)3/h13H,6-12H2,1-5H3,(H,16,17). The van der Waals surface area contributed by atoms with Gasteiger partial charge in [-0.15, -0.1) is 0 Å². The Morgan fingerprint density at radius 2 is 1.94 bits per heavy atom. The molecule has 0 bridgehead atoms. The highest BCUT2D eigenvalue weighted by Crippen LogP contribution is 2.23. The van der Waals surface area contributed by atoms with Crippen LogP contribution in [0.15, 0.2) is 0 Å². The van der Waals surface area contributed by atoms with Crippen molar-refractivity contribution in [2.45, 2.75) is 60.3 Å². The van der Waals surface area contributed by atoms with Crippen molar-refractivity contribution in [1.29, 1.82) is 0 Å². The first-order valence-electron chi connectivity index (χ1n) is 7.26. The first kappa shape index (κ1) is 17.4. The molecule has 0 saturated carbocycles. The van der Waals surface area contributed by atoms with Crippen LogP contribution in [0.5, 0.6) is 0 Å². The molecule has 0 aliphatic rings. The number of rotatable bonds is 10. The fourth-order valence-electron chi connectivity index (χ4n) is 1.68. The van der Waals surface area contributed by atoms with Crippen LogP contribution in [0.2, 0.25) is 0 Å². The van der Waals surface area contributed by atoms with Gasteiger partial charge in [0.05, 0.1) is 0 Å². The minimum absolute atomic E-state index is 0.174. The van der Waals surface area contributed by atoms with Crippen LogP contribution in [-0.2, 0) is 9.53 Å².